The van der Waals surface area contributed by atoms with Crippen molar-refractivity contribution < 1.29 is 9.90 Å². The lowest BCUT2D eigenvalue weighted by Crippen LogP contribution is -2.41. The Labute approximate surface area is 72.9 Å². The van der Waals surface area contributed by atoms with E-state index < -0.39 is 5.97 Å². The van der Waals surface area contributed by atoms with Crippen LogP contribution < -0.4 is 5.73 Å². The monoisotopic (exact) mass is 171 g/mol. The molecule has 2 atom stereocenters. The largest absolute Gasteiger partial charge is 0.481 e. The third-order valence-electron chi connectivity index (χ3n) is 2.94. The average molecular weight is 171 g/mol. The van der Waals surface area contributed by atoms with Gasteiger partial charge in [-0.05, 0) is 24.7 Å². The Morgan fingerprint density at radius 2 is 2.17 bits per heavy atom. The molecule has 3 N–H and O–H groups in total. The van der Waals surface area contributed by atoms with Crippen LogP contribution in [0.2, 0.25) is 0 Å². The van der Waals surface area contributed by atoms with E-state index >= 15 is 0 Å². The minimum Gasteiger partial charge on any atom is -0.481 e. The van der Waals surface area contributed by atoms with Crippen molar-refractivity contribution >= 4 is 5.97 Å². The van der Waals surface area contributed by atoms with E-state index in [0.29, 0.717) is 6.42 Å². The summed E-state index contributed by atoms with van der Waals surface area (Å²) in [5.41, 5.74) is 5.64. The molecule has 1 rings (SSSR count). The highest BCUT2D eigenvalue weighted by molar-refractivity contribution is 5.71. The van der Waals surface area contributed by atoms with Crippen LogP contribution in [0.1, 0.15) is 33.1 Å². The van der Waals surface area contributed by atoms with Crippen LogP contribution in [-0.2, 0) is 4.79 Å². The highest BCUT2D eigenvalue weighted by Crippen LogP contribution is 2.40. The Morgan fingerprint density at radius 3 is 2.58 bits per heavy atom. The summed E-state index contributed by atoms with van der Waals surface area (Å²) >= 11 is 0. The normalized spacial score (nSPS) is 34.6. The zero-order valence-electron chi connectivity index (χ0n) is 7.71. The van der Waals surface area contributed by atoms with Gasteiger partial charge in [-0.2, -0.15) is 0 Å². The van der Waals surface area contributed by atoms with Crippen LogP contribution in [0, 0.1) is 11.3 Å². The number of carbonyl (C=O) groups is 1. The van der Waals surface area contributed by atoms with Crippen molar-refractivity contribution in [2.75, 3.05) is 0 Å². The first-order valence-electron chi connectivity index (χ1n) is 4.42. The molecular weight excluding hydrogens is 154 g/mol. The van der Waals surface area contributed by atoms with Crippen LogP contribution in [-0.4, -0.2) is 17.1 Å². The first kappa shape index (κ1) is 9.52. The maximum absolute atomic E-state index is 10.9. The van der Waals surface area contributed by atoms with Crippen molar-refractivity contribution in [2.45, 2.75) is 39.2 Å². The van der Waals surface area contributed by atoms with Gasteiger partial charge in [-0.1, -0.05) is 13.8 Å². The molecule has 3 nitrogen and oxygen atoms in total. The highest BCUT2D eigenvalue weighted by atomic mass is 16.4. The van der Waals surface area contributed by atoms with E-state index in [1.807, 2.05) is 13.8 Å². The summed E-state index contributed by atoms with van der Waals surface area (Å²) in [6, 6.07) is 0.0825. The molecule has 0 bridgehead atoms. The molecule has 0 amide bonds. The lowest BCUT2D eigenvalue weighted by Gasteiger charge is -2.38. The molecule has 0 unspecified atom stereocenters. The van der Waals surface area contributed by atoms with E-state index in [1.165, 1.54) is 0 Å². The fourth-order valence-corrected chi connectivity index (χ4v) is 1.91. The van der Waals surface area contributed by atoms with Crippen LogP contribution in [0.5, 0.6) is 0 Å². The quantitative estimate of drug-likeness (QED) is 0.623. The molecule has 0 aromatic heterocycles. The van der Waals surface area contributed by atoms with Crippen molar-refractivity contribution in [3.63, 3.8) is 0 Å². The van der Waals surface area contributed by atoms with E-state index in [0.717, 1.165) is 12.8 Å². The molecule has 12 heavy (non-hydrogen) atoms. The van der Waals surface area contributed by atoms with Gasteiger partial charge < -0.3 is 10.8 Å². The SMILES string of the molecule is CC1(C)CC[C@H](N)C[C@@H]1C(=O)O. The summed E-state index contributed by atoms with van der Waals surface area (Å²) in [7, 11) is 0. The first-order chi connectivity index (χ1) is 5.43. The fraction of sp³-hybridized carbons (Fsp3) is 0.889. The van der Waals surface area contributed by atoms with Crippen molar-refractivity contribution in [3.8, 4) is 0 Å². The molecule has 1 saturated carbocycles. The van der Waals surface area contributed by atoms with E-state index in [9.17, 15) is 4.79 Å². The van der Waals surface area contributed by atoms with E-state index in [1.54, 1.807) is 0 Å². The fourth-order valence-electron chi connectivity index (χ4n) is 1.91. The van der Waals surface area contributed by atoms with Gasteiger partial charge in [-0.3, -0.25) is 4.79 Å². The molecule has 0 spiro atoms. The Hall–Kier alpha value is -0.570. The molecule has 0 saturated heterocycles. The number of aliphatic carboxylic acids is 1. The zero-order chi connectivity index (χ0) is 9.35. The third kappa shape index (κ3) is 1.78. The van der Waals surface area contributed by atoms with Crippen molar-refractivity contribution in [1.29, 1.82) is 0 Å². The lowest BCUT2D eigenvalue weighted by molar-refractivity contribution is -0.147. The average Bonchev–Trinajstić information content (AvgIpc) is 1.94. The van der Waals surface area contributed by atoms with Gasteiger partial charge in [-0.15, -0.1) is 0 Å². The van der Waals surface area contributed by atoms with Crippen LogP contribution >= 0.6 is 0 Å². The zero-order valence-corrected chi connectivity index (χ0v) is 7.71. The number of hydrogen-bond acceptors (Lipinski definition) is 2. The second-order valence-electron chi connectivity index (χ2n) is 4.41. The van der Waals surface area contributed by atoms with E-state index in [2.05, 4.69) is 0 Å². The Morgan fingerprint density at radius 1 is 1.58 bits per heavy atom. The van der Waals surface area contributed by atoms with Gasteiger partial charge >= 0.3 is 5.97 Å². The van der Waals surface area contributed by atoms with Crippen LogP contribution in [0.15, 0.2) is 0 Å². The minimum atomic E-state index is -0.699. The summed E-state index contributed by atoms with van der Waals surface area (Å²) in [4.78, 5) is 10.9. The molecular formula is C9H17NO2. The predicted octanol–water partition coefficient (Wildman–Crippen LogP) is 1.22. The second-order valence-corrected chi connectivity index (χ2v) is 4.41. The molecule has 0 heterocycles. The Kier molecular flexibility index (Phi) is 2.42. The highest BCUT2D eigenvalue weighted by Gasteiger charge is 2.39. The molecule has 1 aliphatic rings. The second kappa shape index (κ2) is 3.05. The summed E-state index contributed by atoms with van der Waals surface area (Å²) < 4.78 is 0. The van der Waals surface area contributed by atoms with E-state index in [4.69, 9.17) is 10.8 Å². The summed E-state index contributed by atoms with van der Waals surface area (Å²) in [5.74, 6) is -0.962. The van der Waals surface area contributed by atoms with Crippen molar-refractivity contribution in [1.82, 2.24) is 0 Å². The maximum Gasteiger partial charge on any atom is 0.307 e. The molecule has 3 heteroatoms. The predicted molar refractivity (Wildman–Crippen MR) is 46.7 cm³/mol. The maximum atomic E-state index is 10.9. The van der Waals surface area contributed by atoms with Gasteiger partial charge in [0.2, 0.25) is 0 Å². The van der Waals surface area contributed by atoms with Crippen LogP contribution in [0.25, 0.3) is 0 Å². The van der Waals surface area contributed by atoms with Crippen molar-refractivity contribution in [3.05, 3.63) is 0 Å². The molecule has 0 radical (unpaired) electrons. The Balaban J connectivity index is 2.72. The van der Waals surface area contributed by atoms with Gasteiger partial charge in [0.25, 0.3) is 0 Å². The molecule has 70 valence electrons. The summed E-state index contributed by atoms with van der Waals surface area (Å²) in [5, 5.41) is 8.94. The topological polar surface area (TPSA) is 63.3 Å². The molecule has 1 fully saturated rings. The number of carboxylic acid groups (broad SMARTS) is 1. The summed E-state index contributed by atoms with van der Waals surface area (Å²) in [6.07, 6.45) is 2.50. The smallest absolute Gasteiger partial charge is 0.307 e. The van der Waals surface area contributed by atoms with Crippen LogP contribution in [0.4, 0.5) is 0 Å². The number of nitrogens with two attached hydrogens (primary N) is 1. The van der Waals surface area contributed by atoms with Gasteiger partial charge in [-0.25, -0.2) is 0 Å². The lowest BCUT2D eigenvalue weighted by atomic mass is 9.67. The summed E-state index contributed by atoms with van der Waals surface area (Å²) in [6.45, 7) is 4.02. The van der Waals surface area contributed by atoms with Crippen LogP contribution in [0.3, 0.4) is 0 Å². The standard InChI is InChI=1S/C9H17NO2/c1-9(2)4-3-6(10)5-7(9)8(11)12/h6-7H,3-5,10H2,1-2H3,(H,11,12)/t6-,7+/m0/s1. The minimum absolute atomic E-state index is 0.0816. The third-order valence-corrected chi connectivity index (χ3v) is 2.94. The van der Waals surface area contributed by atoms with Gasteiger partial charge in [0.15, 0.2) is 0 Å². The number of hydrogen-bond donors (Lipinski definition) is 2. The van der Waals surface area contributed by atoms with Crippen molar-refractivity contribution in [2.24, 2.45) is 17.1 Å². The number of rotatable bonds is 1. The number of carboxylic acids is 1. The van der Waals surface area contributed by atoms with E-state index in [-0.39, 0.29) is 17.4 Å². The molecule has 0 aliphatic heterocycles. The molecule has 0 aromatic rings. The first-order valence-corrected chi connectivity index (χ1v) is 4.42. The van der Waals surface area contributed by atoms with Gasteiger partial charge in [0.05, 0.1) is 5.92 Å². The van der Waals surface area contributed by atoms with Gasteiger partial charge in [0.1, 0.15) is 0 Å². The van der Waals surface area contributed by atoms with Gasteiger partial charge in [0, 0.05) is 6.04 Å². The molecule has 1 aliphatic carbocycles. The molecule has 0 aromatic carbocycles. The Bertz CT molecular complexity index is 189.